The largest absolute Gasteiger partial charge is 0.352 e. The van der Waals surface area contributed by atoms with Crippen LogP contribution in [0.2, 0.25) is 0 Å². The average Bonchev–Trinajstić information content (AvgIpc) is 2.83. The fourth-order valence-corrected chi connectivity index (χ4v) is 0.734. The number of hydrazine groups is 1. The van der Waals surface area contributed by atoms with Gasteiger partial charge < -0.3 is 9.47 Å². The van der Waals surface area contributed by atoms with E-state index in [-0.39, 0.29) is 12.5 Å². The smallest absolute Gasteiger partial charge is 0.287 e. The lowest BCUT2D eigenvalue weighted by molar-refractivity contribution is -1.16. The monoisotopic (exact) mass is 178 g/mol. The van der Waals surface area contributed by atoms with E-state index in [0.717, 1.165) is 5.17 Å². The number of rotatable bonds is 4. The zero-order valence-electron chi connectivity index (χ0n) is 6.42. The van der Waals surface area contributed by atoms with E-state index in [9.17, 15) is 0 Å². The van der Waals surface area contributed by atoms with E-state index in [1.54, 1.807) is 0 Å². The number of hydroxylamine groups is 2. The van der Waals surface area contributed by atoms with Crippen molar-refractivity contribution >= 4 is 0 Å². The van der Waals surface area contributed by atoms with Crippen LogP contribution in [-0.4, -0.2) is 35.7 Å². The number of epoxide rings is 2. The molecule has 0 aliphatic carbocycles. The van der Waals surface area contributed by atoms with Crippen molar-refractivity contribution in [1.82, 2.24) is 5.17 Å². The summed E-state index contributed by atoms with van der Waals surface area (Å²) in [5.74, 6) is 16.3. The van der Waals surface area contributed by atoms with Crippen molar-refractivity contribution in [3.63, 3.8) is 0 Å². The SMILES string of the molecule is NN(O[N+](N)(N)C1CO1)C1CO1. The molecule has 8 nitrogen and oxygen atoms in total. The van der Waals surface area contributed by atoms with Crippen LogP contribution in [0, 0.1) is 0 Å². The molecule has 0 bridgehead atoms. The van der Waals surface area contributed by atoms with Crippen LogP contribution in [0.3, 0.4) is 0 Å². The molecule has 0 amide bonds. The third-order valence-corrected chi connectivity index (χ3v) is 1.60. The topological polar surface area (TPSA) is 116 Å². The Morgan fingerprint density at radius 1 is 1.33 bits per heavy atom. The average molecular weight is 178 g/mol. The zero-order valence-corrected chi connectivity index (χ0v) is 6.42. The van der Waals surface area contributed by atoms with Gasteiger partial charge in [0, 0.05) is 4.86 Å². The van der Waals surface area contributed by atoms with Crippen LogP contribution in [0.5, 0.6) is 0 Å². The van der Waals surface area contributed by atoms with E-state index in [0.29, 0.717) is 13.2 Å². The first-order valence-corrected chi connectivity index (χ1v) is 3.52. The first kappa shape index (κ1) is 8.29. The highest BCUT2D eigenvalue weighted by Gasteiger charge is 2.49. The molecule has 2 fully saturated rings. The molecule has 0 saturated carbocycles. The van der Waals surface area contributed by atoms with Gasteiger partial charge in [-0.1, -0.05) is 0 Å². The van der Waals surface area contributed by atoms with Crippen LogP contribution in [0.15, 0.2) is 0 Å². The Morgan fingerprint density at radius 2 is 1.92 bits per heavy atom. The Kier molecular flexibility index (Phi) is 1.78. The van der Waals surface area contributed by atoms with Gasteiger partial charge in [0.2, 0.25) is 0 Å². The summed E-state index contributed by atoms with van der Waals surface area (Å²) in [4.78, 5) is 4.23. The zero-order chi connectivity index (χ0) is 8.77. The van der Waals surface area contributed by atoms with Crippen LogP contribution in [0.1, 0.15) is 0 Å². The van der Waals surface area contributed by atoms with Crippen molar-refractivity contribution in [3.05, 3.63) is 0 Å². The van der Waals surface area contributed by atoms with Gasteiger partial charge >= 0.3 is 0 Å². The van der Waals surface area contributed by atoms with Crippen molar-refractivity contribution in [1.29, 1.82) is 0 Å². The third-order valence-electron chi connectivity index (χ3n) is 1.60. The van der Waals surface area contributed by atoms with Gasteiger partial charge in [0.15, 0.2) is 6.23 Å². The van der Waals surface area contributed by atoms with E-state index in [4.69, 9.17) is 31.9 Å². The van der Waals surface area contributed by atoms with E-state index in [1.165, 1.54) is 0 Å². The summed E-state index contributed by atoms with van der Waals surface area (Å²) in [6, 6.07) is 0. The van der Waals surface area contributed by atoms with Crippen molar-refractivity contribution in [2.45, 2.75) is 12.5 Å². The summed E-state index contributed by atoms with van der Waals surface area (Å²) in [7, 11) is 0. The maximum Gasteiger partial charge on any atom is 0.287 e. The minimum atomic E-state index is -0.712. The van der Waals surface area contributed by atoms with Gasteiger partial charge in [0.1, 0.15) is 6.61 Å². The van der Waals surface area contributed by atoms with Gasteiger partial charge in [-0.05, 0) is 10.1 Å². The van der Waals surface area contributed by atoms with Gasteiger partial charge in [-0.15, -0.1) is 11.7 Å². The van der Waals surface area contributed by atoms with Crippen LogP contribution >= 0.6 is 0 Å². The molecule has 70 valence electrons. The molecule has 0 aromatic rings. The predicted octanol–water partition coefficient (Wildman–Crippen LogP) is -2.71. The molecule has 8 heteroatoms. The van der Waals surface area contributed by atoms with E-state index in [2.05, 4.69) is 0 Å². The molecule has 2 rings (SSSR count). The highest BCUT2D eigenvalue weighted by atomic mass is 17.0. The van der Waals surface area contributed by atoms with Gasteiger partial charge in [-0.2, -0.15) is 0 Å². The molecule has 2 saturated heterocycles. The summed E-state index contributed by atoms with van der Waals surface area (Å²) < 4.78 is 9.68. The predicted molar refractivity (Wildman–Crippen MR) is 35.2 cm³/mol. The van der Waals surface area contributed by atoms with Crippen LogP contribution in [-0.2, 0) is 14.4 Å². The molecule has 0 aromatic carbocycles. The Morgan fingerprint density at radius 3 is 2.33 bits per heavy atom. The van der Waals surface area contributed by atoms with Crippen molar-refractivity contribution in [2.75, 3.05) is 13.2 Å². The molecule has 6 N–H and O–H groups in total. The first-order chi connectivity index (χ1) is 5.59. The number of nitrogens with zero attached hydrogens (tertiary/aromatic N) is 2. The van der Waals surface area contributed by atoms with Crippen LogP contribution in [0.4, 0.5) is 0 Å². The summed E-state index contributed by atoms with van der Waals surface area (Å²) in [6.07, 6.45) is -0.580. The second-order valence-electron chi connectivity index (χ2n) is 2.78. The summed E-state index contributed by atoms with van der Waals surface area (Å²) in [5.41, 5.74) is 0. The number of hydrogen-bond donors (Lipinski definition) is 3. The fourth-order valence-electron chi connectivity index (χ4n) is 0.734. The molecule has 0 aromatic heterocycles. The molecular weight excluding hydrogens is 166 g/mol. The van der Waals surface area contributed by atoms with Crippen molar-refractivity contribution in [3.8, 4) is 0 Å². The molecule has 2 atom stereocenters. The Labute approximate surface area is 68.7 Å². The molecule has 2 aliphatic heterocycles. The second-order valence-corrected chi connectivity index (χ2v) is 2.78. The van der Waals surface area contributed by atoms with Crippen molar-refractivity contribution < 1.29 is 19.3 Å². The Hall–Kier alpha value is -0.320. The van der Waals surface area contributed by atoms with Gasteiger partial charge in [0.25, 0.3) is 6.23 Å². The Balaban J connectivity index is 1.82. The molecule has 0 spiro atoms. The first-order valence-electron chi connectivity index (χ1n) is 3.52. The van der Waals surface area contributed by atoms with Crippen LogP contribution < -0.4 is 17.5 Å². The number of nitrogens with two attached hydrogens (primary N) is 3. The summed E-state index contributed by atoms with van der Waals surface area (Å²) in [6.45, 7) is 1.01. The summed E-state index contributed by atoms with van der Waals surface area (Å²) in [5, 5.41) is 0.988. The van der Waals surface area contributed by atoms with Gasteiger partial charge in [-0.3, -0.25) is 0 Å². The number of ether oxygens (including phenoxy) is 2. The fraction of sp³-hybridized carbons (Fsp3) is 1.00. The van der Waals surface area contributed by atoms with Gasteiger partial charge in [-0.25, -0.2) is 5.84 Å². The molecular formula is C4H12N5O3+. The molecule has 2 aliphatic rings. The maximum atomic E-state index is 5.48. The standard InChI is InChI=1S/C4H12N5O3/c5-8(3-1-10-3)12-9(6,7)4-2-11-4/h3-4H,1-2,5-7H2/q+1. The molecule has 2 unspecified atom stereocenters. The normalized spacial score (nSPS) is 34.0. The van der Waals surface area contributed by atoms with Gasteiger partial charge in [0.05, 0.1) is 6.61 Å². The minimum absolute atomic E-state index is 0.242. The lowest BCUT2D eigenvalue weighted by Gasteiger charge is -2.23. The summed E-state index contributed by atoms with van der Waals surface area (Å²) >= 11 is 0. The molecule has 2 heterocycles. The third kappa shape index (κ3) is 1.71. The molecule has 0 radical (unpaired) electrons. The highest BCUT2D eigenvalue weighted by molar-refractivity contribution is 4.59. The van der Waals surface area contributed by atoms with E-state index >= 15 is 0 Å². The quantitative estimate of drug-likeness (QED) is 0.185. The number of quaternary nitrogens is 1. The lowest BCUT2D eigenvalue weighted by Crippen LogP contribution is -2.66. The van der Waals surface area contributed by atoms with Crippen LogP contribution in [0.25, 0.3) is 0 Å². The second kappa shape index (κ2) is 2.58. The van der Waals surface area contributed by atoms with E-state index < -0.39 is 4.86 Å². The van der Waals surface area contributed by atoms with E-state index in [1.807, 2.05) is 0 Å². The van der Waals surface area contributed by atoms with Crippen molar-refractivity contribution in [2.24, 2.45) is 17.5 Å². The number of hydrogen-bond acceptors (Lipinski definition) is 7. The molecule has 12 heavy (non-hydrogen) atoms. The highest BCUT2D eigenvalue weighted by Crippen LogP contribution is 2.19. The maximum absolute atomic E-state index is 5.48. The Bertz CT molecular complexity index is 180. The lowest BCUT2D eigenvalue weighted by atomic mass is 10.8. The minimum Gasteiger partial charge on any atom is -0.352 e.